The Bertz CT molecular complexity index is 784. The number of nitrogens with one attached hydrogen (secondary N) is 1. The smallest absolute Gasteiger partial charge is 0.106 e. The summed E-state index contributed by atoms with van der Waals surface area (Å²) in [6.07, 6.45) is 0.424. The zero-order valence-corrected chi connectivity index (χ0v) is 11.4. The summed E-state index contributed by atoms with van der Waals surface area (Å²) in [4.78, 5) is 4.28. The van der Waals surface area contributed by atoms with Crippen LogP contribution in [0.15, 0.2) is 41.9 Å². The predicted octanol–water partition coefficient (Wildman–Crippen LogP) is 3.69. The summed E-state index contributed by atoms with van der Waals surface area (Å²) < 4.78 is 1.08. The van der Waals surface area contributed by atoms with Crippen molar-refractivity contribution in [3.8, 4) is 6.07 Å². The minimum absolute atomic E-state index is 0.424. The van der Waals surface area contributed by atoms with Gasteiger partial charge in [0.05, 0.1) is 34.1 Å². The minimum atomic E-state index is 0.424. The number of nitrogens with two attached hydrogens (primary N) is 1. The van der Waals surface area contributed by atoms with Crippen LogP contribution in [-0.2, 0) is 6.42 Å². The molecule has 2 aromatic carbocycles. The standard InChI is InChI=1S/C15H12N4S/c16-8-7-10-1-3-11(4-2-10)19-12-5-6-13-15(14(12)17)18-9-20-13/h1-6,9,19H,7,17H2. The third-order valence-corrected chi connectivity index (χ3v) is 3.85. The topological polar surface area (TPSA) is 74.7 Å². The van der Waals surface area contributed by atoms with Gasteiger partial charge in [0.15, 0.2) is 0 Å². The van der Waals surface area contributed by atoms with Crippen molar-refractivity contribution in [3.05, 3.63) is 47.5 Å². The largest absolute Gasteiger partial charge is 0.395 e. The minimum Gasteiger partial charge on any atom is -0.395 e. The number of nitrogen functional groups attached to an aromatic ring is 1. The highest BCUT2D eigenvalue weighted by atomic mass is 32.1. The Morgan fingerprint density at radius 2 is 2.00 bits per heavy atom. The molecule has 3 aromatic rings. The summed E-state index contributed by atoms with van der Waals surface area (Å²) in [5.41, 5.74) is 12.2. The number of aromatic nitrogens is 1. The molecule has 3 N–H and O–H groups in total. The first-order valence-electron chi connectivity index (χ1n) is 6.12. The molecule has 0 saturated heterocycles. The Hall–Kier alpha value is -2.58. The molecule has 0 radical (unpaired) electrons. The van der Waals surface area contributed by atoms with Gasteiger partial charge in [0, 0.05) is 5.69 Å². The van der Waals surface area contributed by atoms with Gasteiger partial charge < -0.3 is 11.1 Å². The Labute approximate surface area is 120 Å². The van der Waals surface area contributed by atoms with Gasteiger partial charge in [0.25, 0.3) is 0 Å². The average Bonchev–Trinajstić information content (AvgIpc) is 2.94. The molecule has 0 aliphatic heterocycles. The van der Waals surface area contributed by atoms with Crippen LogP contribution in [0.4, 0.5) is 17.1 Å². The van der Waals surface area contributed by atoms with Crippen LogP contribution >= 0.6 is 11.3 Å². The number of rotatable bonds is 3. The maximum atomic E-state index is 8.65. The number of hydrogen-bond donors (Lipinski definition) is 2. The molecule has 0 amide bonds. The van der Waals surface area contributed by atoms with E-state index in [1.54, 1.807) is 16.8 Å². The lowest BCUT2D eigenvalue weighted by atomic mass is 10.1. The first-order chi connectivity index (χ1) is 9.78. The van der Waals surface area contributed by atoms with Crippen molar-refractivity contribution in [2.24, 2.45) is 0 Å². The zero-order valence-electron chi connectivity index (χ0n) is 10.6. The van der Waals surface area contributed by atoms with Crippen LogP contribution in [-0.4, -0.2) is 4.98 Å². The van der Waals surface area contributed by atoms with Crippen LogP contribution in [0.25, 0.3) is 10.2 Å². The molecule has 1 heterocycles. The normalized spacial score (nSPS) is 10.3. The molecule has 1 aromatic heterocycles. The van der Waals surface area contributed by atoms with Crippen molar-refractivity contribution >= 4 is 38.6 Å². The van der Waals surface area contributed by atoms with Gasteiger partial charge in [-0.05, 0) is 29.8 Å². The maximum absolute atomic E-state index is 8.65. The van der Waals surface area contributed by atoms with Crippen molar-refractivity contribution in [3.63, 3.8) is 0 Å². The van der Waals surface area contributed by atoms with E-state index in [9.17, 15) is 0 Å². The lowest BCUT2D eigenvalue weighted by molar-refractivity contribution is 1.26. The summed E-state index contributed by atoms with van der Waals surface area (Å²) in [5.74, 6) is 0. The van der Waals surface area contributed by atoms with Crippen LogP contribution in [0.2, 0.25) is 0 Å². The molecule has 0 unspecified atom stereocenters. The molecule has 0 fully saturated rings. The number of nitrogens with zero attached hydrogens (tertiary/aromatic N) is 2. The van der Waals surface area contributed by atoms with Crippen molar-refractivity contribution in [2.45, 2.75) is 6.42 Å². The zero-order chi connectivity index (χ0) is 13.9. The van der Waals surface area contributed by atoms with Crippen LogP contribution in [0.1, 0.15) is 5.56 Å². The van der Waals surface area contributed by atoms with Gasteiger partial charge in [-0.15, -0.1) is 11.3 Å². The molecule has 98 valence electrons. The number of anilines is 3. The summed E-state index contributed by atoms with van der Waals surface area (Å²) in [6, 6.07) is 13.8. The van der Waals surface area contributed by atoms with E-state index in [4.69, 9.17) is 11.0 Å². The first kappa shape index (κ1) is 12.5. The molecule has 0 saturated carbocycles. The van der Waals surface area contributed by atoms with E-state index in [1.165, 1.54) is 0 Å². The Morgan fingerprint density at radius 3 is 2.75 bits per heavy atom. The molecule has 0 atom stereocenters. The molecule has 5 heteroatoms. The van der Waals surface area contributed by atoms with E-state index in [0.29, 0.717) is 12.1 Å². The van der Waals surface area contributed by atoms with E-state index in [2.05, 4.69) is 16.4 Å². The van der Waals surface area contributed by atoms with Crippen molar-refractivity contribution < 1.29 is 0 Å². The fourth-order valence-electron chi connectivity index (χ4n) is 2.01. The van der Waals surface area contributed by atoms with Gasteiger partial charge in [0.1, 0.15) is 5.52 Å². The van der Waals surface area contributed by atoms with Gasteiger partial charge in [-0.2, -0.15) is 5.26 Å². The first-order valence-corrected chi connectivity index (χ1v) is 7.00. The second-order valence-corrected chi connectivity index (χ2v) is 5.27. The van der Waals surface area contributed by atoms with Crippen molar-refractivity contribution in [1.82, 2.24) is 4.98 Å². The Balaban J connectivity index is 1.89. The number of thiazole rings is 1. The molecular formula is C15H12N4S. The van der Waals surface area contributed by atoms with E-state index >= 15 is 0 Å². The lowest BCUT2D eigenvalue weighted by Gasteiger charge is -2.10. The van der Waals surface area contributed by atoms with Gasteiger partial charge >= 0.3 is 0 Å². The van der Waals surface area contributed by atoms with Crippen molar-refractivity contribution in [1.29, 1.82) is 5.26 Å². The molecule has 0 bridgehead atoms. The maximum Gasteiger partial charge on any atom is 0.106 e. The third-order valence-electron chi connectivity index (χ3n) is 3.06. The monoisotopic (exact) mass is 280 g/mol. The number of nitriles is 1. The predicted molar refractivity (Wildman–Crippen MR) is 83.1 cm³/mol. The van der Waals surface area contributed by atoms with E-state index in [0.717, 1.165) is 27.2 Å². The van der Waals surface area contributed by atoms with E-state index in [-0.39, 0.29) is 0 Å². The lowest BCUT2D eigenvalue weighted by Crippen LogP contribution is -1.97. The van der Waals surface area contributed by atoms with Crippen molar-refractivity contribution in [2.75, 3.05) is 11.1 Å². The number of benzene rings is 2. The van der Waals surface area contributed by atoms with Gasteiger partial charge in [-0.3, -0.25) is 0 Å². The van der Waals surface area contributed by atoms with Crippen LogP contribution in [0.5, 0.6) is 0 Å². The second-order valence-electron chi connectivity index (χ2n) is 4.38. The summed E-state index contributed by atoms with van der Waals surface area (Å²) in [6.45, 7) is 0. The molecule has 0 aliphatic rings. The Morgan fingerprint density at radius 1 is 1.20 bits per heavy atom. The average molecular weight is 280 g/mol. The summed E-state index contributed by atoms with van der Waals surface area (Å²) in [7, 11) is 0. The molecule has 0 aliphatic carbocycles. The molecule has 4 nitrogen and oxygen atoms in total. The highest BCUT2D eigenvalue weighted by Gasteiger charge is 2.07. The number of hydrogen-bond acceptors (Lipinski definition) is 5. The summed E-state index contributed by atoms with van der Waals surface area (Å²) >= 11 is 1.57. The highest BCUT2D eigenvalue weighted by Crippen LogP contribution is 2.31. The second kappa shape index (κ2) is 5.19. The fraction of sp³-hybridized carbons (Fsp3) is 0.0667. The molecular weight excluding hydrogens is 268 g/mol. The number of fused-ring (bicyclic) bond motifs is 1. The van der Waals surface area contributed by atoms with Crippen LogP contribution < -0.4 is 11.1 Å². The van der Waals surface area contributed by atoms with Gasteiger partial charge in [-0.1, -0.05) is 12.1 Å². The van der Waals surface area contributed by atoms with Gasteiger partial charge in [-0.25, -0.2) is 4.98 Å². The highest BCUT2D eigenvalue weighted by molar-refractivity contribution is 7.16. The third kappa shape index (κ3) is 2.29. The van der Waals surface area contributed by atoms with Gasteiger partial charge in [0.2, 0.25) is 0 Å². The Kier molecular flexibility index (Phi) is 3.23. The van der Waals surface area contributed by atoms with E-state index < -0.39 is 0 Å². The van der Waals surface area contributed by atoms with E-state index in [1.807, 2.05) is 36.4 Å². The molecule has 0 spiro atoms. The van der Waals surface area contributed by atoms with Crippen LogP contribution in [0.3, 0.4) is 0 Å². The van der Waals surface area contributed by atoms with Crippen LogP contribution in [0, 0.1) is 11.3 Å². The summed E-state index contributed by atoms with van der Waals surface area (Å²) in [5, 5.41) is 11.9. The fourth-order valence-corrected chi connectivity index (χ4v) is 2.71. The molecule has 3 rings (SSSR count). The SMILES string of the molecule is N#CCc1ccc(Nc2ccc3scnc3c2N)cc1. The quantitative estimate of drug-likeness (QED) is 0.717. The molecule has 20 heavy (non-hydrogen) atoms.